The Labute approximate surface area is 138 Å². The second-order valence-electron chi connectivity index (χ2n) is 5.16. The van der Waals surface area contributed by atoms with Crippen LogP contribution in [0.15, 0.2) is 54.6 Å². The highest BCUT2D eigenvalue weighted by Crippen LogP contribution is 2.32. The van der Waals surface area contributed by atoms with E-state index in [2.05, 4.69) is 0 Å². The average Bonchev–Trinajstić information content (AvgIpc) is 2.51. The van der Waals surface area contributed by atoms with Crippen LogP contribution >= 0.6 is 11.8 Å². The van der Waals surface area contributed by atoms with Crippen molar-refractivity contribution in [1.82, 2.24) is 4.42 Å². The fourth-order valence-corrected chi connectivity index (χ4v) is 2.24. The van der Waals surface area contributed by atoms with Crippen LogP contribution in [-0.2, 0) is 6.18 Å². The maximum absolute atomic E-state index is 12.6. The lowest BCUT2D eigenvalue weighted by Crippen LogP contribution is -2.15. The van der Waals surface area contributed by atoms with Crippen LogP contribution in [0, 0.1) is 0 Å². The van der Waals surface area contributed by atoms with Gasteiger partial charge in [0.05, 0.1) is 5.56 Å². The minimum atomic E-state index is -4.35. The molecule has 0 aliphatic heterocycles. The molecular formula is C17H17ClF3NO. The third-order valence-electron chi connectivity index (χ3n) is 3.33. The molecule has 0 N–H and O–H groups in total. The Morgan fingerprint density at radius 1 is 1.04 bits per heavy atom. The average molecular weight is 344 g/mol. The van der Waals surface area contributed by atoms with Crippen LogP contribution in [0.1, 0.15) is 23.7 Å². The zero-order chi connectivity index (χ0) is 16.9. The highest BCUT2D eigenvalue weighted by Gasteiger charge is 2.30. The number of nitrogens with zero attached hydrogens (tertiary/aromatic N) is 1. The molecule has 2 rings (SSSR count). The number of ether oxygens (including phenoxy) is 1. The standard InChI is InChI=1S/C17H17ClF3NO/c1-22(18)12-11-16(13-5-3-2-4-6-13)23-15-9-7-14(8-10-15)17(19,20)21/h2-10,16H,11-12H2,1H3. The molecule has 0 bridgehead atoms. The van der Waals surface area contributed by atoms with Crippen molar-refractivity contribution in [3.8, 4) is 5.75 Å². The molecule has 0 heterocycles. The van der Waals surface area contributed by atoms with E-state index in [1.165, 1.54) is 16.6 Å². The van der Waals surface area contributed by atoms with Gasteiger partial charge in [0.25, 0.3) is 0 Å². The minimum Gasteiger partial charge on any atom is -0.486 e. The summed E-state index contributed by atoms with van der Waals surface area (Å²) in [5, 5.41) is 0. The van der Waals surface area contributed by atoms with Gasteiger partial charge in [-0.15, -0.1) is 0 Å². The molecule has 2 nitrogen and oxygen atoms in total. The van der Waals surface area contributed by atoms with E-state index in [1.807, 2.05) is 30.3 Å². The molecule has 6 heteroatoms. The van der Waals surface area contributed by atoms with E-state index in [4.69, 9.17) is 16.5 Å². The normalized spacial score (nSPS) is 13.1. The molecule has 0 aromatic heterocycles. The number of hydrogen-bond donors (Lipinski definition) is 0. The Balaban J connectivity index is 2.14. The predicted molar refractivity (Wildman–Crippen MR) is 84.4 cm³/mol. The Morgan fingerprint density at radius 3 is 2.17 bits per heavy atom. The zero-order valence-corrected chi connectivity index (χ0v) is 13.3. The first-order valence-corrected chi connectivity index (χ1v) is 7.46. The number of hydrogen-bond acceptors (Lipinski definition) is 2. The molecule has 124 valence electrons. The predicted octanol–water partition coefficient (Wildman–Crippen LogP) is 5.30. The summed E-state index contributed by atoms with van der Waals surface area (Å²) in [5.41, 5.74) is 0.257. The SMILES string of the molecule is CN(Cl)CCC(Oc1ccc(C(F)(F)F)cc1)c1ccccc1. The highest BCUT2D eigenvalue weighted by atomic mass is 35.5. The van der Waals surface area contributed by atoms with Crippen molar-refractivity contribution in [2.45, 2.75) is 18.7 Å². The maximum atomic E-state index is 12.6. The van der Waals surface area contributed by atoms with E-state index in [-0.39, 0.29) is 6.10 Å². The van der Waals surface area contributed by atoms with E-state index in [0.717, 1.165) is 17.7 Å². The summed E-state index contributed by atoms with van der Waals surface area (Å²) in [6, 6.07) is 14.2. The summed E-state index contributed by atoms with van der Waals surface area (Å²) in [6.07, 6.45) is -4.02. The highest BCUT2D eigenvalue weighted by molar-refractivity contribution is 6.13. The number of alkyl halides is 3. The van der Waals surface area contributed by atoms with Crippen LogP contribution in [-0.4, -0.2) is 18.0 Å². The smallest absolute Gasteiger partial charge is 0.416 e. The van der Waals surface area contributed by atoms with Crippen molar-refractivity contribution in [1.29, 1.82) is 0 Å². The molecule has 0 fully saturated rings. The lowest BCUT2D eigenvalue weighted by atomic mass is 10.1. The molecule has 0 saturated heterocycles. The second kappa shape index (κ2) is 7.70. The van der Waals surface area contributed by atoms with E-state index in [1.54, 1.807) is 7.05 Å². The van der Waals surface area contributed by atoms with Crippen molar-refractivity contribution >= 4 is 11.8 Å². The number of benzene rings is 2. The fraction of sp³-hybridized carbons (Fsp3) is 0.294. The van der Waals surface area contributed by atoms with E-state index >= 15 is 0 Å². The van der Waals surface area contributed by atoms with Gasteiger partial charge in [-0.2, -0.15) is 13.2 Å². The van der Waals surface area contributed by atoms with Gasteiger partial charge in [0.1, 0.15) is 11.9 Å². The largest absolute Gasteiger partial charge is 0.486 e. The molecule has 0 spiro atoms. The lowest BCUT2D eigenvalue weighted by molar-refractivity contribution is -0.137. The molecule has 2 aromatic carbocycles. The Bertz CT molecular complexity index is 599. The van der Waals surface area contributed by atoms with E-state index < -0.39 is 11.7 Å². The Kier molecular flexibility index (Phi) is 5.91. The molecule has 1 unspecified atom stereocenters. The van der Waals surface area contributed by atoms with Crippen LogP contribution < -0.4 is 4.74 Å². The third-order valence-corrected chi connectivity index (χ3v) is 3.50. The lowest BCUT2D eigenvalue weighted by Gasteiger charge is -2.21. The number of rotatable bonds is 6. The molecule has 2 aromatic rings. The molecule has 1 atom stereocenters. The summed E-state index contributed by atoms with van der Waals surface area (Å²) < 4.78 is 45.2. The first-order chi connectivity index (χ1) is 10.9. The first-order valence-electron chi connectivity index (χ1n) is 7.12. The molecule has 0 aliphatic rings. The van der Waals surface area contributed by atoms with Crippen LogP contribution in [0.3, 0.4) is 0 Å². The molecule has 0 aliphatic carbocycles. The van der Waals surface area contributed by atoms with Gasteiger partial charge in [0, 0.05) is 20.0 Å². The van der Waals surface area contributed by atoms with Gasteiger partial charge >= 0.3 is 6.18 Å². The van der Waals surface area contributed by atoms with Gasteiger partial charge in [0.2, 0.25) is 0 Å². The van der Waals surface area contributed by atoms with Crippen molar-refractivity contribution in [3.63, 3.8) is 0 Å². The van der Waals surface area contributed by atoms with Crippen LogP contribution in [0.25, 0.3) is 0 Å². The molecule has 0 radical (unpaired) electrons. The van der Waals surface area contributed by atoms with E-state index in [9.17, 15) is 13.2 Å². The van der Waals surface area contributed by atoms with Gasteiger partial charge in [-0.25, -0.2) is 4.42 Å². The molecule has 23 heavy (non-hydrogen) atoms. The van der Waals surface area contributed by atoms with Gasteiger partial charge in [-0.1, -0.05) is 30.3 Å². The minimum absolute atomic E-state index is 0.283. The topological polar surface area (TPSA) is 12.5 Å². The molecule has 0 amide bonds. The summed E-state index contributed by atoms with van der Waals surface area (Å²) in [5.74, 6) is 0.393. The summed E-state index contributed by atoms with van der Waals surface area (Å²) >= 11 is 5.84. The third kappa shape index (κ3) is 5.44. The van der Waals surface area contributed by atoms with Crippen molar-refractivity contribution in [2.75, 3.05) is 13.6 Å². The quantitative estimate of drug-likeness (QED) is 0.660. The number of halogens is 4. The first kappa shape index (κ1) is 17.6. The molecular weight excluding hydrogens is 327 g/mol. The maximum Gasteiger partial charge on any atom is 0.416 e. The van der Waals surface area contributed by atoms with Crippen molar-refractivity contribution in [2.24, 2.45) is 0 Å². The molecule has 0 saturated carbocycles. The van der Waals surface area contributed by atoms with Crippen molar-refractivity contribution < 1.29 is 17.9 Å². The zero-order valence-electron chi connectivity index (χ0n) is 12.6. The van der Waals surface area contributed by atoms with Gasteiger partial charge in [0.15, 0.2) is 0 Å². The fourth-order valence-electron chi connectivity index (χ4n) is 2.14. The van der Waals surface area contributed by atoms with E-state index in [0.29, 0.717) is 18.7 Å². The summed E-state index contributed by atoms with van der Waals surface area (Å²) in [7, 11) is 1.74. The van der Waals surface area contributed by atoms with Gasteiger partial charge < -0.3 is 4.74 Å². The summed E-state index contributed by atoms with van der Waals surface area (Å²) in [4.78, 5) is 0. The summed E-state index contributed by atoms with van der Waals surface area (Å²) in [6.45, 7) is 0.585. The van der Waals surface area contributed by atoms with Crippen molar-refractivity contribution in [3.05, 3.63) is 65.7 Å². The van der Waals surface area contributed by atoms with Crippen LogP contribution in [0.2, 0.25) is 0 Å². The van der Waals surface area contributed by atoms with Crippen LogP contribution in [0.5, 0.6) is 5.75 Å². The second-order valence-corrected chi connectivity index (χ2v) is 5.73. The Hall–Kier alpha value is -1.72. The van der Waals surface area contributed by atoms with Gasteiger partial charge in [-0.3, -0.25) is 0 Å². The van der Waals surface area contributed by atoms with Gasteiger partial charge in [-0.05, 0) is 41.6 Å². The Morgan fingerprint density at radius 2 is 1.65 bits per heavy atom. The van der Waals surface area contributed by atoms with Crippen LogP contribution in [0.4, 0.5) is 13.2 Å². The monoisotopic (exact) mass is 343 g/mol.